The predicted octanol–water partition coefficient (Wildman–Crippen LogP) is 6.05. The number of aryl methyl sites for hydroxylation is 3. The van der Waals surface area contributed by atoms with Gasteiger partial charge in [0.05, 0.1) is 17.0 Å². The molecule has 188 valence electrons. The van der Waals surface area contributed by atoms with Gasteiger partial charge in [-0.05, 0) is 85.8 Å². The lowest BCUT2D eigenvalue weighted by atomic mass is 9.92. The molecule has 0 bridgehead atoms. The van der Waals surface area contributed by atoms with Crippen LogP contribution in [0, 0.1) is 20.8 Å². The van der Waals surface area contributed by atoms with Crippen molar-refractivity contribution >= 4 is 35.2 Å². The number of amides is 1. The number of aliphatic imine (C=N–C) groups is 1. The Labute approximate surface area is 218 Å². The zero-order valence-electron chi connectivity index (χ0n) is 21.4. The summed E-state index contributed by atoms with van der Waals surface area (Å²) >= 11 is 6.71. The van der Waals surface area contributed by atoms with E-state index in [2.05, 4.69) is 23.2 Å². The number of hydrogen-bond acceptors (Lipinski definition) is 5. The van der Waals surface area contributed by atoms with E-state index in [4.69, 9.17) is 17.3 Å². The number of anilines is 1. The van der Waals surface area contributed by atoms with Crippen molar-refractivity contribution < 1.29 is 9.90 Å². The monoisotopic (exact) mass is 504 g/mol. The Morgan fingerprint density at radius 1 is 1.11 bits per heavy atom. The molecule has 3 N–H and O–H groups in total. The number of rotatable bonds is 6. The van der Waals surface area contributed by atoms with Crippen LogP contribution in [-0.4, -0.2) is 41.9 Å². The molecule has 4 rings (SSSR count). The van der Waals surface area contributed by atoms with Gasteiger partial charge < -0.3 is 20.6 Å². The molecule has 1 heterocycles. The van der Waals surface area contributed by atoms with Gasteiger partial charge in [-0.2, -0.15) is 0 Å². The Morgan fingerprint density at radius 3 is 2.47 bits per heavy atom. The topological polar surface area (TPSA) is 82.2 Å². The fourth-order valence-corrected chi connectivity index (χ4v) is 4.96. The van der Waals surface area contributed by atoms with Gasteiger partial charge in [-0.1, -0.05) is 30.7 Å². The molecule has 1 amide bonds. The van der Waals surface area contributed by atoms with Gasteiger partial charge in [-0.15, -0.1) is 0 Å². The number of hydrogen-bond donors (Lipinski definition) is 2. The number of phenols is 1. The molecule has 0 aliphatic carbocycles. The lowest BCUT2D eigenvalue weighted by molar-refractivity contribution is -0.131. The van der Waals surface area contributed by atoms with E-state index in [1.165, 1.54) is 0 Å². The largest absolute Gasteiger partial charge is 0.508 e. The molecule has 1 aliphatic rings. The van der Waals surface area contributed by atoms with E-state index in [1.54, 1.807) is 36.5 Å². The molecule has 0 aromatic heterocycles. The highest BCUT2D eigenvalue weighted by Gasteiger charge is 2.35. The van der Waals surface area contributed by atoms with Gasteiger partial charge in [0.25, 0.3) is 0 Å². The van der Waals surface area contributed by atoms with E-state index in [0.29, 0.717) is 17.3 Å². The molecular formula is C29H33ClN4O2. The molecule has 36 heavy (non-hydrogen) atoms. The fourth-order valence-electron chi connectivity index (χ4n) is 4.70. The van der Waals surface area contributed by atoms with Crippen molar-refractivity contribution in [2.24, 2.45) is 10.7 Å². The SMILES string of the molecule is CC[C@H](N)CN(C)C(=O)C1c2cc(-c3cc(O)ccc3C)c(Cl)cc2N=CN1c1cc(C)cc(C)c1. The van der Waals surface area contributed by atoms with Crippen molar-refractivity contribution in [3.8, 4) is 16.9 Å². The standard InChI is InChI=1S/C29H33ClN4O2/c1-6-20(31)15-33(5)29(36)28-25-13-24(23-12-22(35)8-7-19(23)4)26(30)14-27(25)32-16-34(28)21-10-17(2)9-18(3)11-21/h7-14,16,20,28,35H,6,15,31H2,1-5H3/t20-,28?/m0/s1. The number of fused-ring (bicyclic) bond motifs is 1. The van der Waals surface area contributed by atoms with Crippen LogP contribution in [0.2, 0.25) is 5.02 Å². The summed E-state index contributed by atoms with van der Waals surface area (Å²) in [5, 5.41) is 10.7. The van der Waals surface area contributed by atoms with E-state index >= 15 is 0 Å². The van der Waals surface area contributed by atoms with E-state index < -0.39 is 6.04 Å². The highest BCUT2D eigenvalue weighted by Crippen LogP contribution is 2.43. The van der Waals surface area contributed by atoms with Gasteiger partial charge in [-0.25, -0.2) is 4.99 Å². The average Bonchev–Trinajstić information content (AvgIpc) is 2.83. The van der Waals surface area contributed by atoms with Crippen molar-refractivity contribution in [2.45, 2.75) is 46.2 Å². The Morgan fingerprint density at radius 2 is 1.81 bits per heavy atom. The Kier molecular flexibility index (Phi) is 7.38. The molecule has 0 saturated carbocycles. The van der Waals surface area contributed by atoms with Crippen molar-refractivity contribution in [2.75, 3.05) is 18.5 Å². The van der Waals surface area contributed by atoms with Gasteiger partial charge in [0.15, 0.2) is 0 Å². The maximum atomic E-state index is 14.0. The van der Waals surface area contributed by atoms with Crippen LogP contribution in [0.1, 0.15) is 41.6 Å². The number of aromatic hydroxyl groups is 1. The molecule has 0 saturated heterocycles. The number of carbonyl (C=O) groups is 1. The average molecular weight is 505 g/mol. The van der Waals surface area contributed by atoms with Crippen LogP contribution in [0.5, 0.6) is 5.75 Å². The van der Waals surface area contributed by atoms with Crippen molar-refractivity contribution in [3.63, 3.8) is 0 Å². The summed E-state index contributed by atoms with van der Waals surface area (Å²) in [7, 11) is 1.79. The van der Waals surface area contributed by atoms with Crippen LogP contribution in [0.25, 0.3) is 11.1 Å². The lowest BCUT2D eigenvalue weighted by Crippen LogP contribution is -2.46. The van der Waals surface area contributed by atoms with E-state index in [9.17, 15) is 9.90 Å². The normalized spacial score (nSPS) is 15.5. The van der Waals surface area contributed by atoms with E-state index in [-0.39, 0.29) is 17.7 Å². The minimum absolute atomic E-state index is 0.0774. The Balaban J connectivity index is 1.89. The maximum Gasteiger partial charge on any atom is 0.250 e. The van der Waals surface area contributed by atoms with Crippen LogP contribution < -0.4 is 10.6 Å². The fraction of sp³-hybridized carbons (Fsp3) is 0.310. The molecule has 1 unspecified atom stereocenters. The molecule has 0 radical (unpaired) electrons. The van der Waals surface area contributed by atoms with Crippen LogP contribution >= 0.6 is 11.6 Å². The van der Waals surface area contributed by atoms with Gasteiger partial charge in [0.1, 0.15) is 11.8 Å². The van der Waals surface area contributed by atoms with Gasteiger partial charge in [0.2, 0.25) is 5.91 Å². The Hall–Kier alpha value is -3.35. The zero-order chi connectivity index (χ0) is 26.1. The number of nitrogens with two attached hydrogens (primary N) is 1. The highest BCUT2D eigenvalue weighted by molar-refractivity contribution is 6.33. The number of benzene rings is 3. The molecule has 0 spiro atoms. The Bertz CT molecular complexity index is 1320. The molecule has 0 fully saturated rings. The third kappa shape index (κ3) is 5.11. The summed E-state index contributed by atoms with van der Waals surface area (Å²) < 4.78 is 0. The molecular weight excluding hydrogens is 472 g/mol. The first-order valence-corrected chi connectivity index (χ1v) is 12.5. The first-order chi connectivity index (χ1) is 17.1. The number of halogens is 1. The van der Waals surface area contributed by atoms with Crippen molar-refractivity contribution in [1.82, 2.24) is 4.90 Å². The summed E-state index contributed by atoms with van der Waals surface area (Å²) in [6.07, 6.45) is 2.49. The molecule has 6 nitrogen and oxygen atoms in total. The van der Waals surface area contributed by atoms with Crippen LogP contribution in [0.3, 0.4) is 0 Å². The van der Waals surface area contributed by atoms with E-state index in [0.717, 1.165) is 45.5 Å². The molecule has 7 heteroatoms. The van der Waals surface area contributed by atoms with E-state index in [1.807, 2.05) is 44.7 Å². The molecule has 2 atom stereocenters. The minimum atomic E-state index is -0.651. The van der Waals surface area contributed by atoms with Gasteiger partial charge in [0, 0.05) is 36.4 Å². The second kappa shape index (κ2) is 10.3. The molecule has 3 aromatic rings. The third-order valence-corrected chi connectivity index (χ3v) is 6.98. The second-order valence-corrected chi connectivity index (χ2v) is 10.1. The smallest absolute Gasteiger partial charge is 0.250 e. The summed E-state index contributed by atoms with van der Waals surface area (Å²) in [6, 6.07) is 14.4. The zero-order valence-corrected chi connectivity index (χ0v) is 22.2. The van der Waals surface area contributed by atoms with Crippen molar-refractivity contribution in [3.05, 3.63) is 75.8 Å². The summed E-state index contributed by atoms with van der Waals surface area (Å²) in [6.45, 7) is 8.51. The summed E-state index contributed by atoms with van der Waals surface area (Å²) in [4.78, 5) is 22.3. The van der Waals surface area contributed by atoms with Gasteiger partial charge >= 0.3 is 0 Å². The third-order valence-electron chi connectivity index (χ3n) is 6.67. The highest BCUT2D eigenvalue weighted by atomic mass is 35.5. The number of carbonyl (C=O) groups excluding carboxylic acids is 1. The summed E-state index contributed by atoms with van der Waals surface area (Å²) in [5.74, 6) is 0.0755. The number of phenolic OH excluding ortho intramolecular Hbond substituents is 1. The van der Waals surface area contributed by atoms with Gasteiger partial charge in [-0.3, -0.25) is 4.79 Å². The lowest BCUT2D eigenvalue weighted by Gasteiger charge is -2.36. The summed E-state index contributed by atoms with van der Waals surface area (Å²) in [5.41, 5.74) is 13.2. The minimum Gasteiger partial charge on any atom is -0.508 e. The quantitative estimate of drug-likeness (QED) is 0.427. The second-order valence-electron chi connectivity index (χ2n) is 9.68. The maximum absolute atomic E-state index is 14.0. The molecule has 1 aliphatic heterocycles. The predicted molar refractivity (Wildman–Crippen MR) is 148 cm³/mol. The van der Waals surface area contributed by atoms with Crippen LogP contribution in [0.15, 0.2) is 53.5 Å². The van der Waals surface area contributed by atoms with Crippen LogP contribution in [0.4, 0.5) is 11.4 Å². The van der Waals surface area contributed by atoms with Crippen molar-refractivity contribution in [1.29, 1.82) is 0 Å². The number of nitrogens with zero attached hydrogens (tertiary/aromatic N) is 3. The first kappa shape index (κ1) is 25.7. The van der Waals surface area contributed by atoms with Crippen LogP contribution in [-0.2, 0) is 4.79 Å². The first-order valence-electron chi connectivity index (χ1n) is 12.1. The molecule has 3 aromatic carbocycles. The number of likely N-dealkylation sites (N-methyl/N-ethyl adjacent to an activating group) is 1.